The normalized spacial score (nSPS) is 11.5. The summed E-state index contributed by atoms with van der Waals surface area (Å²) in [5.74, 6) is 0. The molecule has 0 atom stereocenters. The topological polar surface area (TPSA) is 0 Å². The first-order chi connectivity index (χ1) is 7.98. The largest absolute Gasteiger partial charge is 0.160 e. The fraction of sp³-hybridized carbons (Fsp3) is 0.0769. The molecule has 0 amide bonds. The second-order valence-electron chi connectivity index (χ2n) is 3.55. The lowest BCUT2D eigenvalue weighted by Gasteiger charge is -2.17. The molecule has 2 aromatic rings. The lowest BCUT2D eigenvalue weighted by Crippen LogP contribution is -2.00. The number of alkyl halides is 3. The lowest BCUT2D eigenvalue weighted by atomic mass is 10.0. The summed E-state index contributed by atoms with van der Waals surface area (Å²) in [5.41, 5.74) is 3.32. The summed E-state index contributed by atoms with van der Waals surface area (Å²) in [7, 11) is 0. The highest BCUT2D eigenvalue weighted by Gasteiger charge is 2.24. The molecular weight excluding hydrogens is 431 g/mol. The first-order valence-corrected chi connectivity index (χ1v) is 7.66. The van der Waals surface area contributed by atoms with E-state index in [1.165, 1.54) is 0 Å². The predicted molar refractivity (Wildman–Crippen MR) is 85.3 cm³/mol. The van der Waals surface area contributed by atoms with E-state index >= 15 is 0 Å². The molecule has 0 aliphatic rings. The molecule has 2 aromatic carbocycles. The van der Waals surface area contributed by atoms with Gasteiger partial charge >= 0.3 is 0 Å². The van der Waals surface area contributed by atoms with Crippen molar-refractivity contribution in [3.8, 4) is 11.1 Å². The second kappa shape index (κ2) is 5.43. The Morgan fingerprint density at radius 1 is 0.882 bits per heavy atom. The van der Waals surface area contributed by atoms with E-state index in [4.69, 9.17) is 11.6 Å². The molecule has 0 bridgehead atoms. The average molecular weight is 439 g/mol. The fourth-order valence-electron chi connectivity index (χ4n) is 1.64. The van der Waals surface area contributed by atoms with Gasteiger partial charge in [0.15, 0.2) is 2.14 Å². The van der Waals surface area contributed by atoms with Crippen molar-refractivity contribution >= 4 is 59.4 Å². The van der Waals surface area contributed by atoms with Gasteiger partial charge in [-0.1, -0.05) is 95.8 Å². The Hall–Kier alpha value is 0.170. The van der Waals surface area contributed by atoms with Gasteiger partial charge in [-0.15, -0.1) is 0 Å². The van der Waals surface area contributed by atoms with Crippen LogP contribution in [0.5, 0.6) is 0 Å². The molecular formula is C13H8Br3Cl. The van der Waals surface area contributed by atoms with Gasteiger partial charge in [0.05, 0.1) is 0 Å². The van der Waals surface area contributed by atoms with Gasteiger partial charge in [0, 0.05) is 5.02 Å². The van der Waals surface area contributed by atoms with Gasteiger partial charge in [-0.25, -0.2) is 0 Å². The van der Waals surface area contributed by atoms with E-state index in [2.05, 4.69) is 59.9 Å². The Morgan fingerprint density at radius 3 is 2.24 bits per heavy atom. The van der Waals surface area contributed by atoms with Crippen molar-refractivity contribution in [2.75, 3.05) is 0 Å². The van der Waals surface area contributed by atoms with Gasteiger partial charge in [-0.3, -0.25) is 0 Å². The minimum atomic E-state index is -0.425. The first kappa shape index (κ1) is 13.6. The van der Waals surface area contributed by atoms with Crippen LogP contribution in [-0.2, 0) is 2.14 Å². The van der Waals surface area contributed by atoms with E-state index in [-0.39, 0.29) is 0 Å². The number of hydrogen-bond acceptors (Lipinski definition) is 0. The van der Waals surface area contributed by atoms with Crippen LogP contribution >= 0.6 is 59.4 Å². The Bertz CT molecular complexity index is 532. The summed E-state index contributed by atoms with van der Waals surface area (Å²) in [6.07, 6.45) is 0. The van der Waals surface area contributed by atoms with Crippen LogP contribution in [0, 0.1) is 0 Å². The molecule has 0 aromatic heterocycles. The van der Waals surface area contributed by atoms with Crippen molar-refractivity contribution < 1.29 is 0 Å². The van der Waals surface area contributed by atoms with Gasteiger partial charge in [-0.2, -0.15) is 0 Å². The number of hydrogen-bond donors (Lipinski definition) is 0. The van der Waals surface area contributed by atoms with Crippen molar-refractivity contribution in [1.29, 1.82) is 0 Å². The van der Waals surface area contributed by atoms with E-state index in [0.29, 0.717) is 0 Å². The maximum Gasteiger partial charge on any atom is 0.160 e. The quantitative estimate of drug-likeness (QED) is 0.458. The molecule has 0 aliphatic heterocycles. The zero-order chi connectivity index (χ0) is 12.5. The summed E-state index contributed by atoms with van der Waals surface area (Å²) in [4.78, 5) is 0. The SMILES string of the molecule is Clc1cccc(-c2ccccc2C(Br)(Br)Br)c1. The molecule has 2 rings (SSSR count). The summed E-state index contributed by atoms with van der Waals surface area (Å²) in [6, 6.07) is 16.0. The third-order valence-electron chi connectivity index (χ3n) is 2.37. The van der Waals surface area contributed by atoms with E-state index < -0.39 is 2.14 Å². The molecule has 0 aliphatic carbocycles. The molecule has 0 saturated carbocycles. The molecule has 0 heterocycles. The maximum absolute atomic E-state index is 6.03. The van der Waals surface area contributed by atoms with Gasteiger partial charge in [-0.05, 0) is 28.8 Å². The molecule has 0 unspecified atom stereocenters. The van der Waals surface area contributed by atoms with Crippen molar-refractivity contribution in [3.05, 3.63) is 59.1 Å². The van der Waals surface area contributed by atoms with Crippen LogP contribution in [0.3, 0.4) is 0 Å². The maximum atomic E-state index is 6.03. The minimum Gasteiger partial charge on any atom is -0.0843 e. The van der Waals surface area contributed by atoms with Gasteiger partial charge in [0.25, 0.3) is 0 Å². The number of benzene rings is 2. The minimum absolute atomic E-state index is 0.425. The fourth-order valence-corrected chi connectivity index (χ4v) is 2.87. The summed E-state index contributed by atoms with van der Waals surface area (Å²) < 4.78 is -0.425. The number of halogens is 4. The molecule has 88 valence electrons. The Kier molecular flexibility index (Phi) is 4.35. The molecule has 17 heavy (non-hydrogen) atoms. The van der Waals surface area contributed by atoms with Crippen LogP contribution in [0.25, 0.3) is 11.1 Å². The molecule has 0 fully saturated rings. The summed E-state index contributed by atoms with van der Waals surface area (Å²) in [6.45, 7) is 0. The van der Waals surface area contributed by atoms with Gasteiger partial charge in [0.1, 0.15) is 0 Å². The van der Waals surface area contributed by atoms with Crippen molar-refractivity contribution in [2.45, 2.75) is 2.14 Å². The lowest BCUT2D eigenvalue weighted by molar-refractivity contribution is 1.36. The van der Waals surface area contributed by atoms with Gasteiger partial charge < -0.3 is 0 Å². The Balaban J connectivity index is 2.60. The molecule has 0 saturated heterocycles. The molecule has 4 heteroatoms. The standard InChI is InChI=1S/C13H8Br3Cl/c14-13(15,16)12-7-2-1-6-11(12)9-4-3-5-10(17)8-9/h1-8H. The highest BCUT2D eigenvalue weighted by molar-refractivity contribution is 9.38. The van der Waals surface area contributed by atoms with E-state index in [1.54, 1.807) is 0 Å². The van der Waals surface area contributed by atoms with Crippen molar-refractivity contribution in [1.82, 2.24) is 0 Å². The van der Waals surface area contributed by atoms with Crippen LogP contribution in [-0.4, -0.2) is 0 Å². The second-order valence-corrected chi connectivity index (χ2v) is 10.8. The van der Waals surface area contributed by atoms with Crippen LogP contribution in [0.4, 0.5) is 0 Å². The predicted octanol–water partition coefficient (Wildman–Crippen LogP) is 6.30. The van der Waals surface area contributed by atoms with E-state index in [1.807, 2.05) is 36.4 Å². The summed E-state index contributed by atoms with van der Waals surface area (Å²) >= 11 is 16.7. The molecule has 0 radical (unpaired) electrons. The third-order valence-corrected chi connectivity index (χ3v) is 3.88. The first-order valence-electron chi connectivity index (χ1n) is 4.90. The zero-order valence-electron chi connectivity index (χ0n) is 8.63. The molecule has 0 spiro atoms. The van der Waals surface area contributed by atoms with Crippen LogP contribution in [0.1, 0.15) is 5.56 Å². The zero-order valence-corrected chi connectivity index (χ0v) is 14.1. The highest BCUT2D eigenvalue weighted by Crippen LogP contribution is 2.48. The molecule has 0 N–H and O–H groups in total. The Morgan fingerprint density at radius 2 is 1.59 bits per heavy atom. The molecule has 0 nitrogen and oxygen atoms in total. The third kappa shape index (κ3) is 3.34. The van der Waals surface area contributed by atoms with Crippen LogP contribution in [0.15, 0.2) is 48.5 Å². The summed E-state index contributed by atoms with van der Waals surface area (Å²) in [5, 5.41) is 0.738. The average Bonchev–Trinajstić information content (AvgIpc) is 2.28. The smallest absolute Gasteiger partial charge is 0.0843 e. The highest BCUT2D eigenvalue weighted by atomic mass is 80.0. The van der Waals surface area contributed by atoms with E-state index in [9.17, 15) is 0 Å². The monoisotopic (exact) mass is 436 g/mol. The van der Waals surface area contributed by atoms with Gasteiger partial charge in [0.2, 0.25) is 0 Å². The number of rotatable bonds is 1. The Labute approximate surface area is 131 Å². The van der Waals surface area contributed by atoms with Crippen molar-refractivity contribution in [2.24, 2.45) is 0 Å². The van der Waals surface area contributed by atoms with Crippen LogP contribution < -0.4 is 0 Å². The van der Waals surface area contributed by atoms with Crippen molar-refractivity contribution in [3.63, 3.8) is 0 Å². The van der Waals surface area contributed by atoms with Crippen LogP contribution in [0.2, 0.25) is 5.02 Å². The van der Waals surface area contributed by atoms with E-state index in [0.717, 1.165) is 21.7 Å².